The van der Waals surface area contributed by atoms with Crippen LogP contribution in [0.2, 0.25) is 6.32 Å². The van der Waals surface area contributed by atoms with Crippen molar-refractivity contribution in [3.05, 3.63) is 98.3 Å². The van der Waals surface area contributed by atoms with Crippen molar-refractivity contribution in [2.45, 2.75) is 52.1 Å². The SMILES string of the molecule is COCC1=C2[C@@H](CC/C(=C/c3cc(C)c(O)c(C)c3)c3ccccc3)OB(O)C[C@@H]2[C@@H]2C(=O)N(Cc3cccs3)C(=O)[C@@H]2C1. The van der Waals surface area contributed by atoms with Crippen molar-refractivity contribution in [1.82, 2.24) is 4.90 Å². The lowest BCUT2D eigenvalue weighted by molar-refractivity contribution is -0.140. The molecule has 2 aliphatic heterocycles. The molecule has 0 spiro atoms. The van der Waals surface area contributed by atoms with Crippen LogP contribution in [0.25, 0.3) is 11.6 Å². The number of benzene rings is 2. The summed E-state index contributed by atoms with van der Waals surface area (Å²) in [7, 11) is 0.613. The number of likely N-dealkylation sites (tertiary alicyclic amines) is 1. The molecule has 228 valence electrons. The topological polar surface area (TPSA) is 96.3 Å². The van der Waals surface area contributed by atoms with Crippen LogP contribution < -0.4 is 0 Å². The van der Waals surface area contributed by atoms with Gasteiger partial charge in [-0.1, -0.05) is 42.5 Å². The van der Waals surface area contributed by atoms with Gasteiger partial charge in [-0.2, -0.15) is 0 Å². The molecule has 7 nitrogen and oxygen atoms in total. The third-order valence-corrected chi connectivity index (χ3v) is 10.1. The molecule has 0 bridgehead atoms. The minimum absolute atomic E-state index is 0.132. The van der Waals surface area contributed by atoms with Crippen LogP contribution in [0.4, 0.5) is 0 Å². The highest BCUT2D eigenvalue weighted by Crippen LogP contribution is 2.51. The second-order valence-electron chi connectivity index (χ2n) is 12.2. The van der Waals surface area contributed by atoms with E-state index in [1.165, 1.54) is 16.2 Å². The Kier molecular flexibility index (Phi) is 8.92. The first-order valence-corrected chi connectivity index (χ1v) is 16.1. The van der Waals surface area contributed by atoms with Gasteiger partial charge in [-0.3, -0.25) is 14.5 Å². The standard InChI is InChI=1S/C35H38BNO6S/c1-21-14-23(15-22(2)33(21)38)16-25(24-8-5-4-6-9-24)11-12-30-31-26(20-42-3)17-28-32(29(31)18-36(41)43-30)35(40)37(34(28)39)19-27-10-7-13-44-27/h4-10,13-16,28-30,32,38,41H,11-12,17-20H2,1-3H3/b25-16-/t28-,29+,30-,32-/m1/s1. The van der Waals surface area contributed by atoms with E-state index in [1.807, 2.05) is 61.7 Å². The molecule has 1 aromatic heterocycles. The van der Waals surface area contributed by atoms with E-state index >= 15 is 0 Å². The Morgan fingerprint density at radius 3 is 2.52 bits per heavy atom. The van der Waals surface area contributed by atoms with Gasteiger partial charge in [0.05, 0.1) is 31.1 Å². The van der Waals surface area contributed by atoms with Crippen LogP contribution in [0, 0.1) is 31.6 Å². The molecule has 6 rings (SSSR count). The summed E-state index contributed by atoms with van der Waals surface area (Å²) in [6, 6.07) is 18.0. The molecule has 2 saturated heterocycles. The third kappa shape index (κ3) is 5.94. The molecular weight excluding hydrogens is 573 g/mol. The summed E-state index contributed by atoms with van der Waals surface area (Å²) < 4.78 is 11.8. The minimum atomic E-state index is -1.03. The van der Waals surface area contributed by atoms with Gasteiger partial charge in [-0.25, -0.2) is 0 Å². The predicted molar refractivity (Wildman–Crippen MR) is 173 cm³/mol. The Morgan fingerprint density at radius 1 is 1.09 bits per heavy atom. The van der Waals surface area contributed by atoms with E-state index in [2.05, 4.69) is 18.2 Å². The van der Waals surface area contributed by atoms with Crippen LogP contribution in [-0.2, 0) is 25.5 Å². The molecule has 3 aromatic rings. The lowest BCUT2D eigenvalue weighted by Gasteiger charge is -2.43. The van der Waals surface area contributed by atoms with Gasteiger partial charge in [0.15, 0.2) is 0 Å². The zero-order valence-electron chi connectivity index (χ0n) is 25.4. The number of carbonyl (C=O) groups excluding carboxylic acids is 2. The van der Waals surface area contributed by atoms with Gasteiger partial charge in [0.25, 0.3) is 0 Å². The minimum Gasteiger partial charge on any atom is -0.507 e. The number of rotatable bonds is 9. The van der Waals surface area contributed by atoms with Crippen molar-refractivity contribution < 1.29 is 29.1 Å². The molecule has 3 aliphatic rings. The maximum Gasteiger partial charge on any atom is 0.455 e. The van der Waals surface area contributed by atoms with Crippen molar-refractivity contribution in [1.29, 1.82) is 0 Å². The van der Waals surface area contributed by atoms with Gasteiger partial charge < -0.3 is 19.5 Å². The molecule has 2 N–H and O–H groups in total. The number of hydrogen-bond donors (Lipinski definition) is 2. The lowest BCUT2D eigenvalue weighted by Crippen LogP contribution is -2.46. The van der Waals surface area contributed by atoms with E-state index in [1.54, 1.807) is 7.11 Å². The number of imide groups is 1. The number of fused-ring (bicyclic) bond motifs is 3. The predicted octanol–water partition coefficient (Wildman–Crippen LogP) is 6.03. The van der Waals surface area contributed by atoms with Gasteiger partial charge in [-0.05, 0) is 108 Å². The van der Waals surface area contributed by atoms with Gasteiger partial charge in [0, 0.05) is 12.0 Å². The van der Waals surface area contributed by atoms with Crippen LogP contribution in [0.1, 0.15) is 46.4 Å². The zero-order chi connectivity index (χ0) is 31.0. The van der Waals surface area contributed by atoms with Crippen LogP contribution >= 0.6 is 11.3 Å². The summed E-state index contributed by atoms with van der Waals surface area (Å²) in [4.78, 5) is 29.8. The van der Waals surface area contributed by atoms with Gasteiger partial charge in [0.2, 0.25) is 11.8 Å². The Labute approximate surface area is 263 Å². The van der Waals surface area contributed by atoms with Crippen LogP contribution in [0.5, 0.6) is 5.75 Å². The normalized spacial score (nSPS) is 23.8. The summed E-state index contributed by atoms with van der Waals surface area (Å²) in [6.07, 6.45) is 3.71. The highest BCUT2D eigenvalue weighted by atomic mass is 32.1. The maximum absolute atomic E-state index is 13.8. The first-order chi connectivity index (χ1) is 21.2. The van der Waals surface area contributed by atoms with Gasteiger partial charge >= 0.3 is 7.12 Å². The Morgan fingerprint density at radius 2 is 1.84 bits per heavy atom. The molecule has 1 aliphatic carbocycles. The molecule has 0 saturated carbocycles. The summed E-state index contributed by atoms with van der Waals surface area (Å²) in [6.45, 7) is 4.44. The number of nitrogens with zero attached hydrogens (tertiary/aromatic N) is 1. The van der Waals surface area contributed by atoms with Crippen LogP contribution in [0.15, 0.2) is 71.1 Å². The van der Waals surface area contributed by atoms with Crippen LogP contribution in [-0.4, -0.2) is 53.8 Å². The van der Waals surface area contributed by atoms with Crippen molar-refractivity contribution >= 4 is 41.9 Å². The summed E-state index contributed by atoms with van der Waals surface area (Å²) in [5, 5.41) is 23.2. The fourth-order valence-electron chi connectivity index (χ4n) is 7.36. The summed E-state index contributed by atoms with van der Waals surface area (Å²) in [5.74, 6) is -1.22. The van der Waals surface area contributed by atoms with Gasteiger partial charge in [0.1, 0.15) is 5.75 Å². The second kappa shape index (κ2) is 12.9. The average Bonchev–Trinajstić information content (AvgIpc) is 3.61. The molecule has 2 fully saturated rings. The number of phenolic OH excluding ortho intramolecular Hbond substituents is 1. The zero-order valence-corrected chi connectivity index (χ0v) is 26.2. The molecule has 2 aromatic carbocycles. The number of phenols is 1. The summed E-state index contributed by atoms with van der Waals surface area (Å²) >= 11 is 1.54. The number of aryl methyl sites for hydroxylation is 2. The molecular formula is C35H38BNO6S. The Balaban J connectivity index is 1.31. The number of allylic oxidation sites excluding steroid dienone is 1. The van der Waals surface area contributed by atoms with Gasteiger partial charge in [-0.15, -0.1) is 11.3 Å². The quantitative estimate of drug-likeness (QED) is 0.133. The number of thiophene rings is 1. The number of ether oxygens (including phenoxy) is 1. The highest BCUT2D eigenvalue weighted by molar-refractivity contribution is 7.09. The first kappa shape index (κ1) is 30.5. The third-order valence-electron chi connectivity index (χ3n) is 9.29. The van der Waals surface area contributed by atoms with Crippen molar-refractivity contribution in [2.24, 2.45) is 17.8 Å². The molecule has 0 unspecified atom stereocenters. The van der Waals surface area contributed by atoms with Crippen molar-refractivity contribution in [2.75, 3.05) is 13.7 Å². The number of aromatic hydroxyl groups is 1. The lowest BCUT2D eigenvalue weighted by atomic mass is 9.58. The molecule has 2 amide bonds. The maximum atomic E-state index is 13.8. The van der Waals surface area contributed by atoms with E-state index in [0.717, 1.165) is 43.9 Å². The highest BCUT2D eigenvalue weighted by Gasteiger charge is 2.57. The van der Waals surface area contributed by atoms with Crippen molar-refractivity contribution in [3.8, 4) is 5.75 Å². The monoisotopic (exact) mass is 611 g/mol. The molecule has 44 heavy (non-hydrogen) atoms. The number of amides is 2. The number of carbonyl (C=O) groups is 2. The summed E-state index contributed by atoms with van der Waals surface area (Å²) in [5.41, 5.74) is 6.85. The van der Waals surface area contributed by atoms with Crippen LogP contribution in [0.3, 0.4) is 0 Å². The molecule has 9 heteroatoms. The smallest absolute Gasteiger partial charge is 0.455 e. The number of hydrogen-bond acceptors (Lipinski definition) is 7. The average molecular weight is 612 g/mol. The van der Waals surface area contributed by atoms with E-state index in [9.17, 15) is 19.7 Å². The first-order valence-electron chi connectivity index (χ1n) is 15.2. The van der Waals surface area contributed by atoms with Crippen molar-refractivity contribution in [3.63, 3.8) is 0 Å². The molecule has 3 heterocycles. The molecule has 4 atom stereocenters. The Bertz CT molecular complexity index is 1580. The van der Waals surface area contributed by atoms with E-state index in [4.69, 9.17) is 9.39 Å². The van der Waals surface area contributed by atoms with E-state index in [0.29, 0.717) is 31.6 Å². The second-order valence-corrected chi connectivity index (χ2v) is 13.2. The Hall–Kier alpha value is -3.50. The van der Waals surface area contributed by atoms with E-state index < -0.39 is 25.1 Å². The number of methoxy groups -OCH3 is 1. The van der Waals surface area contributed by atoms with E-state index in [-0.39, 0.29) is 30.6 Å². The largest absolute Gasteiger partial charge is 0.507 e. The fourth-order valence-corrected chi connectivity index (χ4v) is 8.06. The fraction of sp³-hybridized carbons (Fsp3) is 0.371. The molecule has 0 radical (unpaired) electrons.